The lowest BCUT2D eigenvalue weighted by Crippen LogP contribution is -2.44. The lowest BCUT2D eigenvalue weighted by molar-refractivity contribution is -0.126. The van der Waals surface area contributed by atoms with Gasteiger partial charge >= 0.3 is 0 Å². The van der Waals surface area contributed by atoms with Crippen molar-refractivity contribution in [3.63, 3.8) is 0 Å². The largest absolute Gasteiger partial charge is 0.489 e. The summed E-state index contributed by atoms with van der Waals surface area (Å²) in [6.07, 6.45) is 5.76. The van der Waals surface area contributed by atoms with Crippen LogP contribution in [0.2, 0.25) is 0 Å². The molecule has 0 aliphatic rings. The fourth-order valence-electron chi connectivity index (χ4n) is 3.73. The summed E-state index contributed by atoms with van der Waals surface area (Å²) in [4.78, 5) is 27.8. The Labute approximate surface area is 205 Å². The van der Waals surface area contributed by atoms with Gasteiger partial charge in [-0.15, -0.1) is 0 Å². The summed E-state index contributed by atoms with van der Waals surface area (Å²) >= 11 is 0. The molecule has 0 fully saturated rings. The molecule has 2 amide bonds. The second-order valence-electron chi connectivity index (χ2n) is 8.31. The zero-order valence-corrected chi connectivity index (χ0v) is 19.7. The van der Waals surface area contributed by atoms with E-state index in [9.17, 15) is 9.59 Å². The number of aromatic nitrogens is 1. The number of hydrogen-bond donors (Lipinski definition) is 3. The van der Waals surface area contributed by atoms with Crippen molar-refractivity contribution in [3.8, 4) is 5.75 Å². The van der Waals surface area contributed by atoms with Crippen LogP contribution in [0, 0.1) is 0 Å². The number of aromatic amines is 1. The number of carbonyl (C=O) groups excluding carboxylic acids is 2. The van der Waals surface area contributed by atoms with E-state index < -0.39 is 6.04 Å². The van der Waals surface area contributed by atoms with Crippen LogP contribution in [0.1, 0.15) is 23.6 Å². The number of ether oxygens (including phenoxy) is 1. The minimum Gasteiger partial charge on any atom is -0.489 e. The lowest BCUT2D eigenvalue weighted by atomic mass is 10.1. The number of fused-ring (bicyclic) bond motifs is 1. The predicted octanol–water partition coefficient (Wildman–Crippen LogP) is 4.62. The van der Waals surface area contributed by atoms with E-state index in [0.717, 1.165) is 33.3 Å². The van der Waals surface area contributed by atoms with Gasteiger partial charge in [-0.1, -0.05) is 60.7 Å². The highest BCUT2D eigenvalue weighted by Crippen LogP contribution is 2.24. The summed E-state index contributed by atoms with van der Waals surface area (Å²) in [5.74, 6) is 0.264. The number of H-pyrrole nitrogens is 1. The highest BCUT2D eigenvalue weighted by atomic mass is 16.5. The van der Waals surface area contributed by atoms with Gasteiger partial charge in [0.25, 0.3) is 0 Å². The van der Waals surface area contributed by atoms with Crippen molar-refractivity contribution in [2.45, 2.75) is 26.0 Å². The first kappa shape index (κ1) is 23.8. The molecule has 0 bridgehead atoms. The average Bonchev–Trinajstić information content (AvgIpc) is 3.29. The average molecular weight is 468 g/mol. The highest BCUT2D eigenvalue weighted by Gasteiger charge is 2.14. The van der Waals surface area contributed by atoms with Gasteiger partial charge in [-0.2, -0.15) is 0 Å². The molecule has 35 heavy (non-hydrogen) atoms. The molecule has 4 aromatic rings. The molecular weight excluding hydrogens is 438 g/mol. The van der Waals surface area contributed by atoms with Crippen LogP contribution in [-0.4, -0.2) is 29.4 Å². The quantitative estimate of drug-likeness (QED) is 0.298. The molecule has 178 valence electrons. The number of hydrogen-bond acceptors (Lipinski definition) is 3. The maximum absolute atomic E-state index is 12.4. The number of rotatable bonds is 10. The first-order chi connectivity index (χ1) is 17.1. The predicted molar refractivity (Wildman–Crippen MR) is 139 cm³/mol. The monoisotopic (exact) mass is 467 g/mol. The van der Waals surface area contributed by atoms with Crippen molar-refractivity contribution in [2.24, 2.45) is 0 Å². The minimum absolute atomic E-state index is 0.224. The Bertz CT molecular complexity index is 1300. The van der Waals surface area contributed by atoms with Gasteiger partial charge in [-0.3, -0.25) is 9.59 Å². The Balaban J connectivity index is 1.26. The van der Waals surface area contributed by atoms with Crippen LogP contribution in [0.15, 0.2) is 91.1 Å². The normalized spacial score (nSPS) is 11.9. The molecular formula is C29H29N3O3. The van der Waals surface area contributed by atoms with Crippen LogP contribution < -0.4 is 15.4 Å². The van der Waals surface area contributed by atoms with Crippen LogP contribution in [-0.2, 0) is 22.6 Å². The zero-order chi connectivity index (χ0) is 24.5. The van der Waals surface area contributed by atoms with E-state index in [1.54, 1.807) is 13.0 Å². The van der Waals surface area contributed by atoms with Crippen molar-refractivity contribution in [1.29, 1.82) is 0 Å². The van der Waals surface area contributed by atoms with Gasteiger partial charge in [0.1, 0.15) is 18.4 Å². The van der Waals surface area contributed by atoms with Gasteiger partial charge in [-0.05, 0) is 54.3 Å². The summed E-state index contributed by atoms with van der Waals surface area (Å²) < 4.78 is 5.95. The van der Waals surface area contributed by atoms with Gasteiger partial charge < -0.3 is 20.4 Å². The van der Waals surface area contributed by atoms with Gasteiger partial charge in [0.15, 0.2) is 0 Å². The molecule has 0 saturated heterocycles. The van der Waals surface area contributed by atoms with Crippen LogP contribution in [0.5, 0.6) is 5.75 Å². The fourth-order valence-corrected chi connectivity index (χ4v) is 3.73. The first-order valence-electron chi connectivity index (χ1n) is 11.7. The van der Waals surface area contributed by atoms with Gasteiger partial charge in [0.2, 0.25) is 11.8 Å². The Morgan fingerprint density at radius 1 is 1.00 bits per heavy atom. The molecule has 1 aromatic heterocycles. The van der Waals surface area contributed by atoms with Gasteiger partial charge in [0, 0.05) is 29.7 Å². The number of nitrogens with one attached hydrogen (secondary N) is 3. The smallest absolute Gasteiger partial charge is 0.244 e. The fraction of sp³-hybridized carbons (Fsp3) is 0.172. The van der Waals surface area contributed by atoms with Crippen LogP contribution in [0.3, 0.4) is 0 Å². The maximum Gasteiger partial charge on any atom is 0.244 e. The van der Waals surface area contributed by atoms with Crippen LogP contribution in [0.4, 0.5) is 0 Å². The Morgan fingerprint density at radius 3 is 2.51 bits per heavy atom. The van der Waals surface area contributed by atoms with E-state index in [1.165, 1.54) is 6.08 Å². The molecule has 0 unspecified atom stereocenters. The van der Waals surface area contributed by atoms with E-state index in [1.807, 2.05) is 85.1 Å². The molecule has 0 aliphatic heterocycles. The van der Waals surface area contributed by atoms with E-state index in [2.05, 4.69) is 15.6 Å². The summed E-state index contributed by atoms with van der Waals surface area (Å²) in [5, 5.41) is 6.67. The third-order valence-corrected chi connectivity index (χ3v) is 5.66. The van der Waals surface area contributed by atoms with E-state index in [-0.39, 0.29) is 11.8 Å². The summed E-state index contributed by atoms with van der Waals surface area (Å²) in [5.41, 5.74) is 4.14. The molecule has 0 aliphatic carbocycles. The molecule has 3 aromatic carbocycles. The van der Waals surface area contributed by atoms with Crippen molar-refractivity contribution in [1.82, 2.24) is 15.6 Å². The van der Waals surface area contributed by atoms with E-state index in [0.29, 0.717) is 19.6 Å². The van der Waals surface area contributed by atoms with E-state index in [4.69, 9.17) is 4.74 Å². The van der Waals surface area contributed by atoms with Crippen LogP contribution >= 0.6 is 0 Å². The summed E-state index contributed by atoms with van der Waals surface area (Å²) in [6, 6.07) is 24.9. The van der Waals surface area contributed by atoms with Crippen molar-refractivity contribution >= 4 is 28.8 Å². The van der Waals surface area contributed by atoms with Crippen molar-refractivity contribution < 1.29 is 14.3 Å². The third kappa shape index (κ3) is 6.84. The Kier molecular flexibility index (Phi) is 7.96. The Morgan fingerprint density at radius 2 is 1.74 bits per heavy atom. The molecule has 4 rings (SSSR count). The summed E-state index contributed by atoms with van der Waals surface area (Å²) in [7, 11) is 0. The van der Waals surface area contributed by atoms with E-state index >= 15 is 0 Å². The van der Waals surface area contributed by atoms with Crippen LogP contribution in [0.25, 0.3) is 17.0 Å². The highest BCUT2D eigenvalue weighted by molar-refractivity contribution is 5.95. The van der Waals surface area contributed by atoms with Gasteiger partial charge in [0.05, 0.1) is 0 Å². The molecule has 0 radical (unpaired) electrons. The molecule has 3 N–H and O–H groups in total. The number of carbonyl (C=O) groups is 2. The SMILES string of the molecule is C[C@H](NC(=O)/C=C/c1ccccc1)C(=O)NCCc1c[nH]c2ccc(OCc3ccccc3)cc12. The standard InChI is InChI=1S/C29H29N3O3/c1-21(32-28(33)15-12-22-8-4-2-5-9-22)29(34)30-17-16-24-19-31-27-14-13-25(18-26(24)27)35-20-23-10-6-3-7-11-23/h2-15,18-19,21,31H,16-17,20H2,1H3,(H,30,34)(H,32,33)/b15-12+/t21-/m0/s1. The molecule has 1 heterocycles. The summed E-state index contributed by atoms with van der Waals surface area (Å²) in [6.45, 7) is 2.64. The number of benzene rings is 3. The molecule has 0 saturated carbocycles. The molecule has 1 atom stereocenters. The van der Waals surface area contributed by atoms with Crippen molar-refractivity contribution in [3.05, 3.63) is 108 Å². The maximum atomic E-state index is 12.4. The Hall–Kier alpha value is -4.32. The number of amides is 2. The molecule has 6 heteroatoms. The zero-order valence-electron chi connectivity index (χ0n) is 19.7. The second-order valence-corrected chi connectivity index (χ2v) is 8.31. The topological polar surface area (TPSA) is 83.2 Å². The van der Waals surface area contributed by atoms with Crippen molar-refractivity contribution in [2.75, 3.05) is 6.54 Å². The first-order valence-corrected chi connectivity index (χ1v) is 11.7. The third-order valence-electron chi connectivity index (χ3n) is 5.66. The molecule has 0 spiro atoms. The minimum atomic E-state index is -0.635. The lowest BCUT2D eigenvalue weighted by Gasteiger charge is -2.13. The molecule has 6 nitrogen and oxygen atoms in total. The van der Waals surface area contributed by atoms with Gasteiger partial charge in [-0.25, -0.2) is 0 Å². The second kappa shape index (κ2) is 11.7.